The van der Waals surface area contributed by atoms with Crippen LogP contribution in [0.1, 0.15) is 34.6 Å². The quantitative estimate of drug-likeness (QED) is 0.796. The summed E-state index contributed by atoms with van der Waals surface area (Å²) in [5.74, 6) is -1.15. The second kappa shape index (κ2) is 5.63. The fraction of sp³-hybridized carbons (Fsp3) is 0.357. The summed E-state index contributed by atoms with van der Waals surface area (Å²) < 4.78 is 0. The Hall–Kier alpha value is -1.88. The Bertz CT molecular complexity index is 582. The zero-order valence-electron chi connectivity index (χ0n) is 11.4. The lowest BCUT2D eigenvalue weighted by Gasteiger charge is -2.21. The van der Waals surface area contributed by atoms with Gasteiger partial charge in [0.25, 0.3) is 11.8 Å². The van der Waals surface area contributed by atoms with Crippen LogP contribution in [-0.4, -0.2) is 47.2 Å². The lowest BCUT2D eigenvalue weighted by Crippen LogP contribution is -2.42. The molecule has 0 saturated carbocycles. The number of nitrogens with zero attached hydrogens (tertiary/aromatic N) is 2. The van der Waals surface area contributed by atoms with E-state index in [1.54, 1.807) is 11.0 Å². The van der Waals surface area contributed by atoms with Crippen LogP contribution in [0, 0.1) is 0 Å². The van der Waals surface area contributed by atoms with Crippen molar-refractivity contribution in [2.24, 2.45) is 0 Å². The molecular formula is C14H15ClN2O3. The van der Waals surface area contributed by atoms with E-state index in [-0.39, 0.29) is 18.0 Å². The number of likely N-dealkylation sites (N-methyl/N-ethyl adjacent to an activating group) is 1. The van der Waals surface area contributed by atoms with Crippen molar-refractivity contribution in [1.29, 1.82) is 0 Å². The van der Waals surface area contributed by atoms with Crippen LogP contribution < -0.4 is 0 Å². The molecule has 2 rings (SSSR count). The van der Waals surface area contributed by atoms with Gasteiger partial charge in [-0.1, -0.05) is 11.6 Å². The summed E-state index contributed by atoms with van der Waals surface area (Å²) >= 11 is 5.83. The smallest absolute Gasteiger partial charge is 0.262 e. The fourth-order valence-electron chi connectivity index (χ4n) is 2.22. The molecular weight excluding hydrogens is 280 g/mol. The van der Waals surface area contributed by atoms with E-state index in [4.69, 9.17) is 11.6 Å². The molecule has 0 unspecified atom stereocenters. The first-order chi connectivity index (χ1) is 9.49. The molecule has 0 atom stereocenters. The first-order valence-corrected chi connectivity index (χ1v) is 6.80. The summed E-state index contributed by atoms with van der Waals surface area (Å²) in [6.07, 6.45) is 0. The minimum atomic E-state index is -0.465. The lowest BCUT2D eigenvalue weighted by atomic mass is 10.1. The van der Waals surface area contributed by atoms with Gasteiger partial charge in [-0.15, -0.1) is 0 Å². The third kappa shape index (κ3) is 2.41. The molecule has 0 radical (unpaired) electrons. The number of rotatable bonds is 4. The Morgan fingerprint density at radius 1 is 1.15 bits per heavy atom. The fourth-order valence-corrected chi connectivity index (χ4v) is 2.39. The number of benzene rings is 1. The zero-order chi connectivity index (χ0) is 14.9. The van der Waals surface area contributed by atoms with Crippen molar-refractivity contribution in [3.63, 3.8) is 0 Å². The highest BCUT2D eigenvalue weighted by atomic mass is 35.5. The van der Waals surface area contributed by atoms with Crippen LogP contribution in [-0.2, 0) is 4.79 Å². The van der Waals surface area contributed by atoms with Gasteiger partial charge >= 0.3 is 0 Å². The first-order valence-electron chi connectivity index (χ1n) is 6.43. The van der Waals surface area contributed by atoms with Crippen LogP contribution in [0.4, 0.5) is 0 Å². The summed E-state index contributed by atoms with van der Waals surface area (Å²) in [7, 11) is 0. The average Bonchev–Trinajstić information content (AvgIpc) is 2.65. The van der Waals surface area contributed by atoms with Crippen LogP contribution in [0.25, 0.3) is 0 Å². The number of fused-ring (bicyclic) bond motifs is 1. The number of carbonyl (C=O) groups excluding carboxylic acids is 3. The van der Waals surface area contributed by atoms with E-state index in [1.165, 1.54) is 12.1 Å². The van der Waals surface area contributed by atoms with Gasteiger partial charge in [0.1, 0.15) is 6.54 Å². The van der Waals surface area contributed by atoms with Crippen molar-refractivity contribution in [1.82, 2.24) is 9.80 Å². The van der Waals surface area contributed by atoms with Crippen molar-refractivity contribution in [2.45, 2.75) is 13.8 Å². The second-order valence-electron chi connectivity index (χ2n) is 4.45. The molecule has 0 fully saturated rings. The molecule has 5 nitrogen and oxygen atoms in total. The highest BCUT2D eigenvalue weighted by molar-refractivity contribution is 6.32. The Balaban J connectivity index is 2.23. The molecule has 0 saturated heterocycles. The van der Waals surface area contributed by atoms with E-state index in [0.717, 1.165) is 4.90 Å². The molecule has 1 aliphatic rings. The van der Waals surface area contributed by atoms with Gasteiger partial charge < -0.3 is 4.90 Å². The number of halogens is 1. The second-order valence-corrected chi connectivity index (χ2v) is 4.89. The molecule has 1 aliphatic heterocycles. The van der Waals surface area contributed by atoms with Crippen LogP contribution >= 0.6 is 11.6 Å². The van der Waals surface area contributed by atoms with Gasteiger partial charge in [0.15, 0.2) is 0 Å². The predicted octanol–water partition coefficient (Wildman–Crippen LogP) is 1.80. The van der Waals surface area contributed by atoms with Crippen molar-refractivity contribution in [3.8, 4) is 0 Å². The highest BCUT2D eigenvalue weighted by Crippen LogP contribution is 2.25. The molecule has 0 aromatic heterocycles. The zero-order valence-corrected chi connectivity index (χ0v) is 12.1. The van der Waals surface area contributed by atoms with Crippen LogP contribution in [0.2, 0.25) is 5.02 Å². The van der Waals surface area contributed by atoms with Crippen LogP contribution in [0.15, 0.2) is 18.2 Å². The van der Waals surface area contributed by atoms with Gasteiger partial charge in [-0.25, -0.2) is 0 Å². The molecule has 1 heterocycles. The number of hydrogen-bond acceptors (Lipinski definition) is 3. The monoisotopic (exact) mass is 294 g/mol. The maximum Gasteiger partial charge on any atom is 0.262 e. The van der Waals surface area contributed by atoms with Gasteiger partial charge in [-0.2, -0.15) is 0 Å². The molecule has 6 heteroatoms. The number of carbonyl (C=O) groups is 3. The molecule has 0 N–H and O–H groups in total. The van der Waals surface area contributed by atoms with Crippen molar-refractivity contribution in [3.05, 3.63) is 34.3 Å². The Morgan fingerprint density at radius 2 is 1.75 bits per heavy atom. The van der Waals surface area contributed by atoms with Gasteiger partial charge in [-0.3, -0.25) is 19.3 Å². The highest BCUT2D eigenvalue weighted by Gasteiger charge is 2.37. The molecule has 1 aromatic carbocycles. The standard InChI is InChI=1S/C14H15ClN2O3/c1-3-16(4-2)12(18)8-17-13(19)10-6-5-9(15)7-11(10)14(17)20/h5-7H,3-4,8H2,1-2H3. The molecule has 0 spiro atoms. The third-order valence-electron chi connectivity index (χ3n) is 3.34. The maximum absolute atomic E-state index is 12.2. The Kier molecular flexibility index (Phi) is 4.09. The van der Waals surface area contributed by atoms with Crippen molar-refractivity contribution >= 4 is 29.3 Å². The Morgan fingerprint density at radius 3 is 2.35 bits per heavy atom. The van der Waals surface area contributed by atoms with E-state index >= 15 is 0 Å². The SMILES string of the molecule is CCN(CC)C(=O)CN1C(=O)c2ccc(Cl)cc2C1=O. The number of amides is 3. The van der Waals surface area contributed by atoms with Gasteiger partial charge in [0, 0.05) is 18.1 Å². The molecule has 0 bridgehead atoms. The average molecular weight is 295 g/mol. The normalized spacial score (nSPS) is 13.7. The van der Waals surface area contributed by atoms with Gasteiger partial charge in [0.2, 0.25) is 5.91 Å². The molecule has 3 amide bonds. The third-order valence-corrected chi connectivity index (χ3v) is 3.58. The minimum Gasteiger partial charge on any atom is -0.342 e. The molecule has 20 heavy (non-hydrogen) atoms. The number of imide groups is 1. The summed E-state index contributed by atoms with van der Waals surface area (Å²) in [5, 5.41) is 0.391. The van der Waals surface area contributed by atoms with Crippen molar-refractivity contribution < 1.29 is 14.4 Å². The van der Waals surface area contributed by atoms with E-state index in [2.05, 4.69) is 0 Å². The van der Waals surface area contributed by atoms with Crippen LogP contribution in [0.5, 0.6) is 0 Å². The first kappa shape index (κ1) is 14.5. The maximum atomic E-state index is 12.2. The van der Waals surface area contributed by atoms with Gasteiger partial charge in [-0.05, 0) is 32.0 Å². The van der Waals surface area contributed by atoms with Gasteiger partial charge in [0.05, 0.1) is 11.1 Å². The summed E-state index contributed by atoms with van der Waals surface area (Å²) in [4.78, 5) is 38.9. The molecule has 1 aromatic rings. The largest absolute Gasteiger partial charge is 0.342 e. The van der Waals surface area contributed by atoms with E-state index in [9.17, 15) is 14.4 Å². The minimum absolute atomic E-state index is 0.231. The lowest BCUT2D eigenvalue weighted by molar-refractivity contribution is -0.131. The number of hydrogen-bond donors (Lipinski definition) is 0. The van der Waals surface area contributed by atoms with Crippen molar-refractivity contribution in [2.75, 3.05) is 19.6 Å². The summed E-state index contributed by atoms with van der Waals surface area (Å²) in [6.45, 7) is 4.56. The van der Waals surface area contributed by atoms with Crippen LogP contribution in [0.3, 0.4) is 0 Å². The van der Waals surface area contributed by atoms with E-state index in [0.29, 0.717) is 23.7 Å². The molecule has 0 aliphatic carbocycles. The van der Waals surface area contributed by atoms with E-state index in [1.807, 2.05) is 13.8 Å². The predicted molar refractivity (Wildman–Crippen MR) is 74.7 cm³/mol. The summed E-state index contributed by atoms with van der Waals surface area (Å²) in [6, 6.07) is 4.53. The Labute approximate surface area is 122 Å². The van der Waals surface area contributed by atoms with E-state index < -0.39 is 11.8 Å². The molecule has 106 valence electrons. The topological polar surface area (TPSA) is 57.7 Å². The summed E-state index contributed by atoms with van der Waals surface area (Å²) in [5.41, 5.74) is 0.557.